The number of hydrogen-bond donors (Lipinski definition) is 2. The molecule has 0 saturated heterocycles. The van der Waals surface area contributed by atoms with Crippen LogP contribution in [-0.2, 0) is 9.59 Å². The summed E-state index contributed by atoms with van der Waals surface area (Å²) in [7, 11) is 0. The van der Waals surface area contributed by atoms with Gasteiger partial charge in [0.25, 0.3) is 0 Å². The van der Waals surface area contributed by atoms with E-state index in [2.05, 4.69) is 38.2 Å². The van der Waals surface area contributed by atoms with E-state index in [-0.39, 0.29) is 0 Å². The minimum Gasteiger partial charge on any atom is -0.481 e. The van der Waals surface area contributed by atoms with E-state index >= 15 is 0 Å². The highest BCUT2D eigenvalue weighted by Gasteiger charge is 2.22. The molecule has 2 unspecified atom stereocenters. The van der Waals surface area contributed by atoms with Gasteiger partial charge in [-0.25, -0.2) is 0 Å². The highest BCUT2D eigenvalue weighted by Crippen LogP contribution is 2.24. The van der Waals surface area contributed by atoms with Crippen molar-refractivity contribution in [3.05, 3.63) is 24.3 Å². The molecule has 0 amide bonds. The number of rotatable bonds is 41. The first-order chi connectivity index (χ1) is 24.5. The van der Waals surface area contributed by atoms with E-state index in [0.29, 0.717) is 25.7 Å². The normalized spacial score (nSPS) is 13.1. The predicted octanol–water partition coefficient (Wildman–Crippen LogP) is 15.6. The molecule has 0 radical (unpaired) electrons. The molecule has 4 heteroatoms. The predicted molar refractivity (Wildman–Crippen MR) is 218 cm³/mol. The van der Waals surface area contributed by atoms with Crippen LogP contribution in [0.1, 0.15) is 245 Å². The van der Waals surface area contributed by atoms with E-state index in [1.807, 2.05) is 0 Å². The zero-order valence-corrected chi connectivity index (χ0v) is 33.6. The Morgan fingerprint density at radius 1 is 0.340 bits per heavy atom. The van der Waals surface area contributed by atoms with Crippen molar-refractivity contribution in [3.8, 4) is 0 Å². The van der Waals surface area contributed by atoms with Crippen molar-refractivity contribution in [2.75, 3.05) is 0 Å². The van der Waals surface area contributed by atoms with Gasteiger partial charge in [-0.3, -0.25) is 9.59 Å². The maximum absolute atomic E-state index is 11.9. The molecule has 0 aromatic carbocycles. The van der Waals surface area contributed by atoms with Crippen molar-refractivity contribution in [3.63, 3.8) is 0 Å². The Labute approximate surface area is 312 Å². The first-order valence-electron chi connectivity index (χ1n) is 22.3. The Hall–Kier alpha value is -1.58. The second kappa shape index (κ2) is 40.2. The van der Waals surface area contributed by atoms with Crippen molar-refractivity contribution in [2.24, 2.45) is 11.8 Å². The molecule has 2 N–H and O–H groups in total. The molecule has 0 heterocycles. The molecular weight excluding hydrogens is 617 g/mol. The van der Waals surface area contributed by atoms with E-state index in [9.17, 15) is 19.8 Å². The van der Waals surface area contributed by atoms with Gasteiger partial charge >= 0.3 is 11.9 Å². The Bertz CT molecular complexity index is 708. The second-order valence-electron chi connectivity index (χ2n) is 15.5. The average Bonchev–Trinajstić information content (AvgIpc) is 3.10. The van der Waals surface area contributed by atoms with Gasteiger partial charge in [0.05, 0.1) is 11.8 Å². The van der Waals surface area contributed by atoms with E-state index in [1.165, 1.54) is 180 Å². The summed E-state index contributed by atoms with van der Waals surface area (Å²) in [6, 6.07) is 0. The van der Waals surface area contributed by atoms with Crippen LogP contribution in [-0.4, -0.2) is 22.2 Å². The highest BCUT2D eigenvalue weighted by molar-refractivity contribution is 5.71. The van der Waals surface area contributed by atoms with Crippen molar-refractivity contribution in [1.29, 1.82) is 0 Å². The molecule has 0 fully saturated rings. The fraction of sp³-hybridized carbons (Fsp3) is 0.870. The minimum atomic E-state index is -0.751. The summed E-state index contributed by atoms with van der Waals surface area (Å²) in [4.78, 5) is 23.7. The molecule has 4 nitrogen and oxygen atoms in total. The van der Waals surface area contributed by atoms with E-state index in [1.54, 1.807) is 0 Å². The maximum atomic E-state index is 11.9. The fourth-order valence-corrected chi connectivity index (χ4v) is 7.17. The van der Waals surface area contributed by atoms with Crippen LogP contribution in [0, 0.1) is 11.8 Å². The lowest BCUT2D eigenvalue weighted by molar-refractivity contribution is -0.145. The first kappa shape index (κ1) is 48.4. The smallest absolute Gasteiger partial charge is 0.306 e. The third-order valence-corrected chi connectivity index (χ3v) is 10.7. The van der Waals surface area contributed by atoms with Crippen LogP contribution in [0.2, 0.25) is 0 Å². The number of hydrogen-bond acceptors (Lipinski definition) is 2. The number of allylic oxidation sites excluding steroid dienone is 4. The summed E-state index contributed by atoms with van der Waals surface area (Å²) >= 11 is 0. The summed E-state index contributed by atoms with van der Waals surface area (Å²) < 4.78 is 0. The summed E-state index contributed by atoms with van der Waals surface area (Å²) in [5.74, 6) is -2.30. The first-order valence-corrected chi connectivity index (χ1v) is 22.3. The molecule has 294 valence electrons. The Morgan fingerprint density at radius 3 is 0.800 bits per heavy atom. The number of carboxylic acid groups (broad SMARTS) is 2. The maximum Gasteiger partial charge on any atom is 0.306 e. The van der Waals surface area contributed by atoms with Gasteiger partial charge in [0, 0.05) is 0 Å². The second-order valence-corrected chi connectivity index (χ2v) is 15.5. The Balaban J connectivity index is 3.74. The summed E-state index contributed by atoms with van der Waals surface area (Å²) in [6.07, 6.45) is 52.5. The third-order valence-electron chi connectivity index (χ3n) is 10.7. The molecule has 50 heavy (non-hydrogen) atoms. The fourth-order valence-electron chi connectivity index (χ4n) is 7.17. The van der Waals surface area contributed by atoms with Gasteiger partial charge in [0.2, 0.25) is 0 Å². The van der Waals surface area contributed by atoms with Crippen molar-refractivity contribution in [1.82, 2.24) is 0 Å². The topological polar surface area (TPSA) is 74.6 Å². The van der Waals surface area contributed by atoms with Crippen molar-refractivity contribution >= 4 is 11.9 Å². The monoisotopic (exact) mass is 703 g/mol. The molecule has 0 aromatic heterocycles. The molecule has 0 aliphatic heterocycles. The van der Waals surface area contributed by atoms with Gasteiger partial charge in [-0.05, 0) is 77.0 Å². The molecule has 0 rings (SSSR count). The van der Waals surface area contributed by atoms with Crippen LogP contribution in [0.4, 0.5) is 0 Å². The summed E-state index contributed by atoms with van der Waals surface area (Å²) in [5, 5.41) is 19.5. The van der Waals surface area contributed by atoms with E-state index < -0.39 is 23.8 Å². The lowest BCUT2D eigenvalue weighted by Gasteiger charge is -2.16. The SMILES string of the molecule is CCCCCCCC/C=C\CCCCCCCCCCC(CCC(CCCCCCCCCC/C=C\CCCCCCCC)C(=O)O)C(=O)O. The molecule has 2 atom stereocenters. The molecular formula is C46H86O4. The quantitative estimate of drug-likeness (QED) is 0.0491. The standard InChI is InChI=1S/C46H86O4/c1-3-5-7-9-11-13-15-17-19-21-23-25-27-29-31-33-35-37-39-43(45(47)48)41-42-44(46(49)50)40-38-36-34-32-30-28-26-24-22-20-18-16-14-12-10-8-6-4-2/h17-20,43-44H,3-16,21-42H2,1-2H3,(H,47,48)(H,49,50)/b19-17-,20-18-. The Morgan fingerprint density at radius 2 is 0.560 bits per heavy atom. The van der Waals surface area contributed by atoms with Gasteiger partial charge in [0.1, 0.15) is 0 Å². The van der Waals surface area contributed by atoms with Crippen LogP contribution < -0.4 is 0 Å². The number of aliphatic carboxylic acids is 2. The van der Waals surface area contributed by atoms with Crippen LogP contribution in [0.15, 0.2) is 24.3 Å². The van der Waals surface area contributed by atoms with Gasteiger partial charge in [-0.2, -0.15) is 0 Å². The molecule has 0 saturated carbocycles. The number of unbranched alkanes of at least 4 members (excludes halogenated alkanes) is 28. The van der Waals surface area contributed by atoms with E-state index in [4.69, 9.17) is 0 Å². The number of carboxylic acids is 2. The van der Waals surface area contributed by atoms with Gasteiger partial charge in [-0.15, -0.1) is 0 Å². The largest absolute Gasteiger partial charge is 0.481 e. The van der Waals surface area contributed by atoms with Crippen molar-refractivity contribution < 1.29 is 19.8 Å². The zero-order chi connectivity index (χ0) is 36.6. The average molecular weight is 703 g/mol. The highest BCUT2D eigenvalue weighted by atomic mass is 16.4. The van der Waals surface area contributed by atoms with Crippen LogP contribution >= 0.6 is 0 Å². The van der Waals surface area contributed by atoms with Gasteiger partial charge < -0.3 is 10.2 Å². The lowest BCUT2D eigenvalue weighted by atomic mass is 9.89. The molecule has 0 aliphatic rings. The number of carbonyl (C=O) groups is 2. The molecule has 0 bridgehead atoms. The molecule has 0 spiro atoms. The van der Waals surface area contributed by atoms with Gasteiger partial charge in [0.15, 0.2) is 0 Å². The zero-order valence-electron chi connectivity index (χ0n) is 33.6. The van der Waals surface area contributed by atoms with E-state index in [0.717, 1.165) is 25.7 Å². The van der Waals surface area contributed by atoms with Gasteiger partial charge in [-0.1, -0.05) is 192 Å². The minimum absolute atomic E-state index is 0.401. The summed E-state index contributed by atoms with van der Waals surface area (Å²) in [5.41, 5.74) is 0. The summed E-state index contributed by atoms with van der Waals surface area (Å²) in [6.45, 7) is 4.54. The van der Waals surface area contributed by atoms with Crippen molar-refractivity contribution in [2.45, 2.75) is 245 Å². The third kappa shape index (κ3) is 36.2. The lowest BCUT2D eigenvalue weighted by Crippen LogP contribution is -2.19. The van der Waals surface area contributed by atoms with Crippen LogP contribution in [0.5, 0.6) is 0 Å². The molecule has 0 aromatic rings. The van der Waals surface area contributed by atoms with Crippen LogP contribution in [0.25, 0.3) is 0 Å². The Kier molecular flexibility index (Phi) is 38.9. The molecule has 0 aliphatic carbocycles. The van der Waals surface area contributed by atoms with Crippen LogP contribution in [0.3, 0.4) is 0 Å².